The van der Waals surface area contributed by atoms with Gasteiger partial charge in [-0.2, -0.15) is 5.10 Å². The van der Waals surface area contributed by atoms with E-state index in [4.69, 9.17) is 4.74 Å². The Bertz CT molecular complexity index is 557. The first kappa shape index (κ1) is 15.7. The van der Waals surface area contributed by atoms with Gasteiger partial charge in [-0.1, -0.05) is 0 Å². The third kappa shape index (κ3) is 3.83. The van der Waals surface area contributed by atoms with Gasteiger partial charge in [-0.25, -0.2) is 4.79 Å². The van der Waals surface area contributed by atoms with Crippen LogP contribution in [-0.4, -0.2) is 54.6 Å². The Labute approximate surface area is 142 Å². The van der Waals surface area contributed by atoms with Crippen molar-refractivity contribution in [2.24, 2.45) is 0 Å². The van der Waals surface area contributed by atoms with Crippen molar-refractivity contribution in [2.45, 2.75) is 56.6 Å². The minimum atomic E-state index is -0.0697. The first-order chi connectivity index (χ1) is 11.8. The molecule has 0 bridgehead atoms. The van der Waals surface area contributed by atoms with Gasteiger partial charge in [0.1, 0.15) is 0 Å². The number of anilines is 1. The lowest BCUT2D eigenvalue weighted by atomic mass is 10.1. The summed E-state index contributed by atoms with van der Waals surface area (Å²) in [7, 11) is 0. The Kier molecular flexibility index (Phi) is 4.60. The summed E-state index contributed by atoms with van der Waals surface area (Å²) in [6, 6.07) is 2.37. The molecule has 1 aliphatic carbocycles. The maximum absolute atomic E-state index is 12.0. The second-order valence-corrected chi connectivity index (χ2v) is 7.21. The molecule has 3 N–H and O–H groups in total. The highest BCUT2D eigenvalue weighted by atomic mass is 16.5. The summed E-state index contributed by atoms with van der Waals surface area (Å²) in [4.78, 5) is 14.3. The first-order valence-corrected chi connectivity index (χ1v) is 9.24. The third-order valence-corrected chi connectivity index (χ3v) is 5.27. The van der Waals surface area contributed by atoms with Crippen molar-refractivity contribution in [1.82, 2.24) is 20.8 Å². The van der Waals surface area contributed by atoms with Gasteiger partial charge in [-0.15, -0.1) is 0 Å². The Morgan fingerprint density at radius 3 is 2.83 bits per heavy atom. The minimum Gasteiger partial charge on any atom is -0.376 e. The third-order valence-electron chi connectivity index (χ3n) is 5.27. The van der Waals surface area contributed by atoms with Gasteiger partial charge in [-0.05, 0) is 38.5 Å². The second-order valence-electron chi connectivity index (χ2n) is 7.21. The number of nitrogens with zero attached hydrogens (tertiary/aromatic N) is 2. The molecule has 1 atom stereocenters. The standard InChI is InChI=1S/C17H27N5O2/c23-17(18-11-14-2-1-9-24-14)19-13-5-7-22(8-6-13)16-10-15(20-21-16)12-3-4-12/h10,12-14H,1-9,11H2,(H,20,21)(H2,18,19,23). The number of urea groups is 1. The maximum atomic E-state index is 12.0. The molecule has 2 saturated heterocycles. The van der Waals surface area contributed by atoms with Crippen molar-refractivity contribution in [1.29, 1.82) is 0 Å². The average molecular weight is 333 g/mol. The maximum Gasteiger partial charge on any atom is 0.315 e. The molecule has 24 heavy (non-hydrogen) atoms. The molecule has 3 fully saturated rings. The molecule has 2 aliphatic heterocycles. The van der Waals surface area contributed by atoms with Gasteiger partial charge < -0.3 is 20.3 Å². The van der Waals surface area contributed by atoms with Crippen molar-refractivity contribution in [3.05, 3.63) is 11.8 Å². The fourth-order valence-corrected chi connectivity index (χ4v) is 3.59. The average Bonchev–Trinajstić information content (AvgIpc) is 3.12. The molecule has 3 aliphatic rings. The number of carbonyl (C=O) groups is 1. The van der Waals surface area contributed by atoms with E-state index in [-0.39, 0.29) is 18.2 Å². The Hall–Kier alpha value is -1.76. The zero-order chi connectivity index (χ0) is 16.4. The van der Waals surface area contributed by atoms with Gasteiger partial charge in [-0.3, -0.25) is 5.10 Å². The number of aromatic nitrogens is 2. The second kappa shape index (κ2) is 7.01. The van der Waals surface area contributed by atoms with Gasteiger partial charge in [0.05, 0.1) is 6.10 Å². The number of rotatable bonds is 5. The zero-order valence-corrected chi connectivity index (χ0v) is 14.1. The van der Waals surface area contributed by atoms with E-state index in [1.54, 1.807) is 0 Å². The zero-order valence-electron chi connectivity index (χ0n) is 14.1. The van der Waals surface area contributed by atoms with Crippen molar-refractivity contribution in [3.63, 3.8) is 0 Å². The predicted molar refractivity (Wildman–Crippen MR) is 91.3 cm³/mol. The molecule has 3 heterocycles. The van der Waals surface area contributed by atoms with E-state index in [0.717, 1.165) is 51.2 Å². The Balaban J connectivity index is 1.18. The lowest BCUT2D eigenvalue weighted by Gasteiger charge is -2.32. The van der Waals surface area contributed by atoms with Crippen LogP contribution in [0.4, 0.5) is 10.6 Å². The molecular weight excluding hydrogens is 306 g/mol. The molecule has 2 amide bonds. The highest BCUT2D eigenvalue weighted by molar-refractivity contribution is 5.74. The monoisotopic (exact) mass is 333 g/mol. The van der Waals surface area contributed by atoms with Crippen LogP contribution in [0.2, 0.25) is 0 Å². The molecule has 0 radical (unpaired) electrons. The number of nitrogens with one attached hydrogen (secondary N) is 3. The van der Waals surface area contributed by atoms with Crippen LogP contribution in [0.25, 0.3) is 0 Å². The molecule has 1 unspecified atom stereocenters. The van der Waals surface area contributed by atoms with Crippen LogP contribution >= 0.6 is 0 Å². The van der Waals surface area contributed by atoms with E-state index in [9.17, 15) is 4.79 Å². The fourth-order valence-electron chi connectivity index (χ4n) is 3.59. The van der Waals surface area contributed by atoms with Crippen LogP contribution in [0.3, 0.4) is 0 Å². The van der Waals surface area contributed by atoms with Gasteiger partial charge in [0.25, 0.3) is 0 Å². The summed E-state index contributed by atoms with van der Waals surface area (Å²) in [5.74, 6) is 1.76. The predicted octanol–water partition coefficient (Wildman–Crippen LogP) is 1.73. The largest absolute Gasteiger partial charge is 0.376 e. The summed E-state index contributed by atoms with van der Waals surface area (Å²) in [6.45, 7) is 3.31. The van der Waals surface area contributed by atoms with Crippen LogP contribution in [0.1, 0.15) is 50.1 Å². The lowest BCUT2D eigenvalue weighted by Crippen LogP contribution is -2.49. The summed E-state index contributed by atoms with van der Waals surface area (Å²) in [6.07, 6.45) is 6.83. The molecule has 1 aromatic rings. The smallest absolute Gasteiger partial charge is 0.315 e. The normalized spacial score (nSPS) is 25.0. The Morgan fingerprint density at radius 2 is 2.12 bits per heavy atom. The molecule has 4 rings (SSSR count). The topological polar surface area (TPSA) is 82.3 Å². The number of carbonyl (C=O) groups excluding carboxylic acids is 1. The molecule has 1 aromatic heterocycles. The van der Waals surface area contributed by atoms with E-state index < -0.39 is 0 Å². The van der Waals surface area contributed by atoms with Crippen molar-refractivity contribution in [2.75, 3.05) is 31.1 Å². The van der Waals surface area contributed by atoms with Gasteiger partial charge in [0.15, 0.2) is 5.82 Å². The highest BCUT2D eigenvalue weighted by Gasteiger charge is 2.27. The van der Waals surface area contributed by atoms with Crippen LogP contribution in [-0.2, 0) is 4.74 Å². The van der Waals surface area contributed by atoms with Crippen LogP contribution in [0.15, 0.2) is 6.07 Å². The van der Waals surface area contributed by atoms with Crippen LogP contribution < -0.4 is 15.5 Å². The molecule has 0 aromatic carbocycles. The number of hydrogen-bond donors (Lipinski definition) is 3. The van der Waals surface area contributed by atoms with E-state index >= 15 is 0 Å². The first-order valence-electron chi connectivity index (χ1n) is 9.24. The number of piperidine rings is 1. The quantitative estimate of drug-likeness (QED) is 0.766. The lowest BCUT2D eigenvalue weighted by molar-refractivity contribution is 0.111. The van der Waals surface area contributed by atoms with E-state index in [1.807, 2.05) is 0 Å². The van der Waals surface area contributed by atoms with Crippen molar-refractivity contribution >= 4 is 11.8 Å². The molecule has 0 spiro atoms. The van der Waals surface area contributed by atoms with E-state index in [2.05, 4.69) is 31.8 Å². The Morgan fingerprint density at radius 1 is 1.29 bits per heavy atom. The summed E-state index contributed by atoms with van der Waals surface area (Å²) < 4.78 is 5.52. The summed E-state index contributed by atoms with van der Waals surface area (Å²) >= 11 is 0. The molecule has 132 valence electrons. The molecular formula is C17H27N5O2. The van der Waals surface area contributed by atoms with Gasteiger partial charge >= 0.3 is 6.03 Å². The highest BCUT2D eigenvalue weighted by Crippen LogP contribution is 2.40. The minimum absolute atomic E-state index is 0.0697. The van der Waals surface area contributed by atoms with Gasteiger partial charge in [0.2, 0.25) is 0 Å². The molecule has 7 nitrogen and oxygen atoms in total. The number of ether oxygens (including phenoxy) is 1. The van der Waals surface area contributed by atoms with Gasteiger partial charge in [0, 0.05) is 50.0 Å². The number of amides is 2. The fraction of sp³-hybridized carbons (Fsp3) is 0.765. The van der Waals surface area contributed by atoms with Crippen molar-refractivity contribution in [3.8, 4) is 0 Å². The van der Waals surface area contributed by atoms with Crippen LogP contribution in [0.5, 0.6) is 0 Å². The summed E-state index contributed by atoms with van der Waals surface area (Å²) in [5, 5.41) is 13.6. The number of H-pyrrole nitrogens is 1. The van der Waals surface area contributed by atoms with E-state index in [0.29, 0.717) is 12.5 Å². The van der Waals surface area contributed by atoms with Crippen LogP contribution in [0, 0.1) is 0 Å². The number of aromatic amines is 1. The SMILES string of the molecule is O=C(NCC1CCCO1)NC1CCN(c2cc(C3CC3)[nH]n2)CC1. The van der Waals surface area contributed by atoms with E-state index in [1.165, 1.54) is 18.5 Å². The molecule has 7 heteroatoms. The number of hydrogen-bond acceptors (Lipinski definition) is 4. The molecule has 1 saturated carbocycles. The van der Waals surface area contributed by atoms with Crippen molar-refractivity contribution < 1.29 is 9.53 Å². The summed E-state index contributed by atoms with van der Waals surface area (Å²) in [5.41, 5.74) is 1.28.